The number of nitrogens with one attached hydrogen (secondary N) is 1. The molecule has 0 aliphatic carbocycles. The molecule has 2 rings (SSSR count). The molecule has 1 amide bonds. The van der Waals surface area contributed by atoms with E-state index in [9.17, 15) is 9.59 Å². The molecule has 7 heteroatoms. The monoisotopic (exact) mass is 354 g/mol. The molecule has 0 saturated heterocycles. The largest absolute Gasteiger partial charge is 0.374 e. The van der Waals surface area contributed by atoms with Gasteiger partial charge in [-0.2, -0.15) is 0 Å². The fourth-order valence-electron chi connectivity index (χ4n) is 2.26. The first-order valence-corrected chi connectivity index (χ1v) is 8.13. The van der Waals surface area contributed by atoms with Crippen molar-refractivity contribution in [3.8, 4) is 0 Å². The van der Waals surface area contributed by atoms with Crippen LogP contribution in [0.1, 0.15) is 22.8 Å². The highest BCUT2D eigenvalue weighted by molar-refractivity contribution is 6.05. The number of benzene rings is 2. The Labute approximate surface area is 152 Å². The molecule has 2 aromatic rings. The van der Waals surface area contributed by atoms with E-state index in [0.717, 1.165) is 18.7 Å². The molecular formula is C19H22N4O3. The van der Waals surface area contributed by atoms with Crippen molar-refractivity contribution in [2.45, 2.75) is 13.3 Å². The summed E-state index contributed by atoms with van der Waals surface area (Å²) in [4.78, 5) is 29.2. The Morgan fingerprint density at radius 3 is 2.38 bits per heavy atom. The summed E-state index contributed by atoms with van der Waals surface area (Å²) in [7, 11) is 2.00. The van der Waals surface area contributed by atoms with E-state index < -0.39 is 11.9 Å². The standard InChI is InChI=1S/C19H22N4O3/c1-14(24)26-22-19(20)21-18(25)16-8-10-17(11-9-16)23(2)13-12-15-6-4-3-5-7-15/h3-11H,12-13H2,1-2H3,(H3,20,21,22,25). The first kappa shape index (κ1) is 19.0. The fraction of sp³-hybridized carbons (Fsp3) is 0.211. The van der Waals surface area contributed by atoms with Gasteiger partial charge < -0.3 is 15.5 Å². The lowest BCUT2D eigenvalue weighted by molar-refractivity contribution is -0.141. The van der Waals surface area contributed by atoms with Gasteiger partial charge in [-0.3, -0.25) is 10.1 Å². The van der Waals surface area contributed by atoms with Gasteiger partial charge in [0.15, 0.2) is 0 Å². The number of hydrogen-bond donors (Lipinski definition) is 2. The summed E-state index contributed by atoms with van der Waals surface area (Å²) in [6, 6.07) is 17.4. The lowest BCUT2D eigenvalue weighted by Gasteiger charge is -2.19. The summed E-state index contributed by atoms with van der Waals surface area (Å²) in [5.41, 5.74) is 8.16. The number of rotatable bonds is 6. The van der Waals surface area contributed by atoms with Crippen LogP contribution < -0.4 is 16.0 Å². The van der Waals surface area contributed by atoms with Crippen LogP contribution in [0.2, 0.25) is 0 Å². The van der Waals surface area contributed by atoms with Gasteiger partial charge in [-0.1, -0.05) is 30.3 Å². The summed E-state index contributed by atoms with van der Waals surface area (Å²) < 4.78 is 0. The minimum absolute atomic E-state index is 0.283. The van der Waals surface area contributed by atoms with E-state index in [2.05, 4.69) is 32.3 Å². The van der Waals surface area contributed by atoms with Gasteiger partial charge in [0.05, 0.1) is 0 Å². The van der Waals surface area contributed by atoms with Crippen molar-refractivity contribution >= 4 is 23.5 Å². The number of nitrogens with zero attached hydrogens (tertiary/aromatic N) is 2. The molecular weight excluding hydrogens is 332 g/mol. The quantitative estimate of drug-likeness (QED) is 0.357. The third-order valence-corrected chi connectivity index (χ3v) is 3.66. The molecule has 0 spiro atoms. The molecule has 0 radical (unpaired) electrons. The molecule has 0 heterocycles. The zero-order valence-electron chi connectivity index (χ0n) is 14.8. The van der Waals surface area contributed by atoms with Gasteiger partial charge in [0.1, 0.15) is 0 Å². The van der Waals surface area contributed by atoms with Gasteiger partial charge in [-0.25, -0.2) is 4.79 Å². The molecule has 0 fully saturated rings. The Bertz CT molecular complexity index is 773. The molecule has 0 atom stereocenters. The molecule has 0 bridgehead atoms. The van der Waals surface area contributed by atoms with Gasteiger partial charge >= 0.3 is 5.97 Å². The van der Waals surface area contributed by atoms with Gasteiger partial charge in [0.2, 0.25) is 5.96 Å². The molecule has 136 valence electrons. The summed E-state index contributed by atoms with van der Waals surface area (Å²) in [5.74, 6) is -1.34. The molecule has 26 heavy (non-hydrogen) atoms. The zero-order chi connectivity index (χ0) is 18.9. The second-order valence-corrected chi connectivity index (χ2v) is 5.72. The van der Waals surface area contributed by atoms with Crippen LogP contribution in [0.5, 0.6) is 0 Å². The Morgan fingerprint density at radius 2 is 1.77 bits per heavy atom. The van der Waals surface area contributed by atoms with Crippen molar-refractivity contribution in [3.63, 3.8) is 0 Å². The van der Waals surface area contributed by atoms with Crippen LogP contribution in [0.3, 0.4) is 0 Å². The van der Waals surface area contributed by atoms with Crippen LogP contribution >= 0.6 is 0 Å². The molecule has 0 unspecified atom stereocenters. The molecule has 0 aliphatic rings. The second kappa shape index (κ2) is 9.22. The lowest BCUT2D eigenvalue weighted by atomic mass is 10.1. The molecule has 0 aromatic heterocycles. The minimum atomic E-state index is -0.620. The van der Waals surface area contributed by atoms with Crippen molar-refractivity contribution in [1.29, 1.82) is 0 Å². The minimum Gasteiger partial charge on any atom is -0.374 e. The van der Waals surface area contributed by atoms with E-state index >= 15 is 0 Å². The predicted octanol–water partition coefficient (Wildman–Crippen LogP) is 1.89. The van der Waals surface area contributed by atoms with Crippen molar-refractivity contribution in [3.05, 3.63) is 65.7 Å². The zero-order valence-corrected chi connectivity index (χ0v) is 14.8. The molecule has 2 aromatic carbocycles. The van der Waals surface area contributed by atoms with Crippen molar-refractivity contribution in [1.82, 2.24) is 5.32 Å². The summed E-state index contributed by atoms with van der Waals surface area (Å²) in [6.45, 7) is 2.04. The number of guanidine groups is 1. The third-order valence-electron chi connectivity index (χ3n) is 3.66. The number of hydrogen-bond acceptors (Lipinski definition) is 5. The average molecular weight is 354 g/mol. The normalized spacial score (nSPS) is 10.9. The van der Waals surface area contributed by atoms with Crippen LogP contribution in [0.25, 0.3) is 0 Å². The first-order chi connectivity index (χ1) is 12.5. The van der Waals surface area contributed by atoms with E-state index in [1.165, 1.54) is 12.5 Å². The number of likely N-dealkylation sites (N-methyl/N-ethyl adjacent to an activating group) is 1. The maximum absolute atomic E-state index is 12.1. The number of oxime groups is 1. The van der Waals surface area contributed by atoms with E-state index in [0.29, 0.717) is 5.56 Å². The number of amides is 1. The first-order valence-electron chi connectivity index (χ1n) is 8.13. The summed E-state index contributed by atoms with van der Waals surface area (Å²) in [5, 5.41) is 5.64. The second-order valence-electron chi connectivity index (χ2n) is 5.72. The topological polar surface area (TPSA) is 97.0 Å². The van der Waals surface area contributed by atoms with Crippen LogP contribution in [-0.4, -0.2) is 31.4 Å². The number of nitrogens with two attached hydrogens (primary N) is 1. The number of anilines is 1. The van der Waals surface area contributed by atoms with E-state index in [1.54, 1.807) is 12.1 Å². The van der Waals surface area contributed by atoms with Crippen molar-refractivity contribution in [2.24, 2.45) is 10.9 Å². The van der Waals surface area contributed by atoms with Gasteiger partial charge in [-0.05, 0) is 41.4 Å². The van der Waals surface area contributed by atoms with E-state index in [1.807, 2.05) is 37.4 Å². The highest BCUT2D eigenvalue weighted by Crippen LogP contribution is 2.14. The van der Waals surface area contributed by atoms with Crippen LogP contribution in [0.15, 0.2) is 59.8 Å². The maximum Gasteiger partial charge on any atom is 0.332 e. The highest BCUT2D eigenvalue weighted by Gasteiger charge is 2.09. The Kier molecular flexibility index (Phi) is 6.73. The Hall–Kier alpha value is -3.35. The molecule has 0 saturated carbocycles. The van der Waals surface area contributed by atoms with Crippen LogP contribution in [0.4, 0.5) is 5.69 Å². The number of carbonyl (C=O) groups excluding carboxylic acids is 2. The average Bonchev–Trinajstić information content (AvgIpc) is 2.65. The van der Waals surface area contributed by atoms with Crippen LogP contribution in [0, 0.1) is 0 Å². The summed E-state index contributed by atoms with van der Waals surface area (Å²) in [6.07, 6.45) is 0.933. The lowest BCUT2D eigenvalue weighted by Crippen LogP contribution is -2.37. The van der Waals surface area contributed by atoms with E-state index in [-0.39, 0.29) is 5.96 Å². The van der Waals surface area contributed by atoms with Crippen molar-refractivity contribution < 1.29 is 14.4 Å². The Balaban J connectivity index is 1.91. The highest BCUT2D eigenvalue weighted by atomic mass is 16.7. The van der Waals surface area contributed by atoms with Crippen LogP contribution in [-0.2, 0) is 16.1 Å². The SMILES string of the molecule is CC(=O)ON=C(N)NC(=O)c1ccc(N(C)CCc2ccccc2)cc1. The smallest absolute Gasteiger partial charge is 0.332 e. The predicted molar refractivity (Wildman–Crippen MR) is 101 cm³/mol. The molecule has 7 nitrogen and oxygen atoms in total. The third kappa shape index (κ3) is 5.94. The number of carbonyl (C=O) groups is 2. The molecule has 0 aliphatic heterocycles. The maximum atomic E-state index is 12.1. The van der Waals surface area contributed by atoms with Gasteiger partial charge in [-0.15, -0.1) is 0 Å². The van der Waals surface area contributed by atoms with Gasteiger partial charge in [0, 0.05) is 31.8 Å². The summed E-state index contributed by atoms with van der Waals surface area (Å²) >= 11 is 0. The molecule has 3 N–H and O–H groups in total. The van der Waals surface area contributed by atoms with E-state index in [4.69, 9.17) is 5.73 Å². The van der Waals surface area contributed by atoms with Gasteiger partial charge in [0.25, 0.3) is 5.91 Å². The van der Waals surface area contributed by atoms with Crippen molar-refractivity contribution in [2.75, 3.05) is 18.5 Å². The Morgan fingerprint density at radius 1 is 1.12 bits per heavy atom. The fourth-order valence-corrected chi connectivity index (χ4v) is 2.26.